The predicted molar refractivity (Wildman–Crippen MR) is 83.5 cm³/mol. The summed E-state index contributed by atoms with van der Waals surface area (Å²) in [4.78, 5) is 26.6. The molecule has 114 valence electrons. The van der Waals surface area contributed by atoms with E-state index < -0.39 is 0 Å². The fourth-order valence-corrected chi connectivity index (χ4v) is 4.66. The molecular weight excluding hydrogens is 318 g/mol. The smallest absolute Gasteiger partial charge is 0.233 e. The van der Waals surface area contributed by atoms with Gasteiger partial charge in [0, 0.05) is 11.9 Å². The van der Waals surface area contributed by atoms with Crippen molar-refractivity contribution in [3.63, 3.8) is 0 Å². The molecule has 0 aromatic rings. The van der Waals surface area contributed by atoms with Crippen molar-refractivity contribution in [2.45, 2.75) is 47.0 Å². The average molecular weight is 344 g/mol. The van der Waals surface area contributed by atoms with Crippen LogP contribution in [0, 0.1) is 29.1 Å². The van der Waals surface area contributed by atoms with Crippen molar-refractivity contribution in [3.8, 4) is 0 Å². The third kappa shape index (κ3) is 2.81. The molecule has 0 aromatic carbocycles. The standard InChI is InChI=1S/C16H26BrNO2/c1-5-10-6-12-13(7-10)15(20)18(14(12)19)9-11(8-17)16(2,3)4/h10-13H,5-9H2,1-4H3. The maximum Gasteiger partial charge on any atom is 0.233 e. The van der Waals surface area contributed by atoms with Crippen molar-refractivity contribution in [3.05, 3.63) is 0 Å². The lowest BCUT2D eigenvalue weighted by Crippen LogP contribution is -2.41. The minimum absolute atomic E-state index is 0.0246. The molecule has 2 rings (SSSR count). The second kappa shape index (κ2) is 5.78. The molecule has 1 heterocycles. The van der Waals surface area contributed by atoms with Gasteiger partial charge in [0.25, 0.3) is 0 Å². The lowest BCUT2D eigenvalue weighted by Gasteiger charge is -2.32. The van der Waals surface area contributed by atoms with Gasteiger partial charge in [0.05, 0.1) is 11.8 Å². The Labute approximate surface area is 130 Å². The SMILES string of the molecule is CCC1CC2C(=O)N(CC(CBr)C(C)(C)C)C(=O)C2C1. The molecule has 1 saturated carbocycles. The third-order valence-electron chi connectivity index (χ3n) is 5.22. The Morgan fingerprint density at radius 2 is 1.70 bits per heavy atom. The van der Waals surface area contributed by atoms with Crippen LogP contribution in [0.2, 0.25) is 0 Å². The number of hydrogen-bond donors (Lipinski definition) is 0. The second-order valence-electron chi connectivity index (χ2n) is 7.46. The van der Waals surface area contributed by atoms with E-state index in [0.29, 0.717) is 18.4 Å². The molecule has 1 saturated heterocycles. The first-order valence-corrected chi connectivity index (χ1v) is 8.82. The van der Waals surface area contributed by atoms with Crippen LogP contribution in [0.25, 0.3) is 0 Å². The summed E-state index contributed by atoms with van der Waals surface area (Å²) in [6.45, 7) is 9.21. The number of imide groups is 1. The maximum absolute atomic E-state index is 12.5. The average Bonchev–Trinajstić information content (AvgIpc) is 2.88. The molecular formula is C16H26BrNO2. The Kier molecular flexibility index (Phi) is 4.63. The minimum Gasteiger partial charge on any atom is -0.282 e. The highest BCUT2D eigenvalue weighted by Gasteiger charge is 2.52. The highest BCUT2D eigenvalue weighted by Crippen LogP contribution is 2.45. The van der Waals surface area contributed by atoms with Gasteiger partial charge in [-0.3, -0.25) is 14.5 Å². The van der Waals surface area contributed by atoms with Crippen LogP contribution in [0.5, 0.6) is 0 Å². The zero-order chi connectivity index (χ0) is 15.1. The first kappa shape index (κ1) is 16.0. The summed E-state index contributed by atoms with van der Waals surface area (Å²) in [7, 11) is 0. The first-order chi connectivity index (χ1) is 9.29. The van der Waals surface area contributed by atoms with Gasteiger partial charge < -0.3 is 0 Å². The van der Waals surface area contributed by atoms with E-state index in [1.165, 1.54) is 0 Å². The number of hydrogen-bond acceptors (Lipinski definition) is 2. The normalized spacial score (nSPS) is 31.9. The number of rotatable bonds is 4. The van der Waals surface area contributed by atoms with Gasteiger partial charge in [-0.25, -0.2) is 0 Å². The molecule has 3 atom stereocenters. The topological polar surface area (TPSA) is 37.4 Å². The molecule has 20 heavy (non-hydrogen) atoms. The fourth-order valence-electron chi connectivity index (χ4n) is 3.49. The monoisotopic (exact) mass is 343 g/mol. The Balaban J connectivity index is 2.09. The van der Waals surface area contributed by atoms with Crippen molar-refractivity contribution in [1.29, 1.82) is 0 Å². The molecule has 0 N–H and O–H groups in total. The van der Waals surface area contributed by atoms with Crippen molar-refractivity contribution in [2.75, 3.05) is 11.9 Å². The number of carbonyl (C=O) groups excluding carboxylic acids is 2. The van der Waals surface area contributed by atoms with Crippen LogP contribution >= 0.6 is 15.9 Å². The summed E-state index contributed by atoms with van der Waals surface area (Å²) in [5, 5.41) is 0.820. The number of amides is 2. The number of carbonyl (C=O) groups is 2. The molecule has 4 heteroatoms. The number of nitrogens with zero attached hydrogens (tertiary/aromatic N) is 1. The van der Waals surface area contributed by atoms with Gasteiger partial charge >= 0.3 is 0 Å². The van der Waals surface area contributed by atoms with Gasteiger partial charge in [0.1, 0.15) is 0 Å². The van der Waals surface area contributed by atoms with Crippen LogP contribution in [-0.2, 0) is 9.59 Å². The minimum atomic E-state index is -0.0246. The molecule has 3 unspecified atom stereocenters. The summed E-state index contributed by atoms with van der Waals surface area (Å²) < 4.78 is 0. The molecule has 1 aliphatic heterocycles. The predicted octanol–water partition coefficient (Wildman–Crippen LogP) is 3.46. The molecule has 2 fully saturated rings. The molecule has 0 aromatic heterocycles. The lowest BCUT2D eigenvalue weighted by atomic mass is 9.82. The van der Waals surface area contributed by atoms with Crippen molar-refractivity contribution >= 4 is 27.7 Å². The van der Waals surface area contributed by atoms with E-state index in [0.717, 1.165) is 24.6 Å². The summed E-state index contributed by atoms with van der Waals surface area (Å²) in [6.07, 6.45) is 2.91. The van der Waals surface area contributed by atoms with Crippen LogP contribution in [-0.4, -0.2) is 28.6 Å². The molecule has 2 amide bonds. The van der Waals surface area contributed by atoms with Crippen LogP contribution < -0.4 is 0 Å². The quantitative estimate of drug-likeness (QED) is 0.579. The summed E-state index contributed by atoms with van der Waals surface area (Å²) in [5.74, 6) is 0.995. The van der Waals surface area contributed by atoms with E-state index in [1.807, 2.05) is 0 Å². The van der Waals surface area contributed by atoms with Gasteiger partial charge in [-0.15, -0.1) is 0 Å². The molecule has 3 nitrogen and oxygen atoms in total. The van der Waals surface area contributed by atoms with Crippen LogP contribution in [0.1, 0.15) is 47.0 Å². The molecule has 2 aliphatic rings. The Morgan fingerprint density at radius 3 is 2.05 bits per heavy atom. The van der Waals surface area contributed by atoms with Crippen LogP contribution in [0.4, 0.5) is 0 Å². The van der Waals surface area contributed by atoms with Crippen LogP contribution in [0.3, 0.4) is 0 Å². The van der Waals surface area contributed by atoms with Gasteiger partial charge in [0.2, 0.25) is 11.8 Å². The van der Waals surface area contributed by atoms with E-state index in [2.05, 4.69) is 43.6 Å². The molecule has 0 radical (unpaired) electrons. The maximum atomic E-state index is 12.5. The summed E-state index contributed by atoms with van der Waals surface area (Å²) >= 11 is 3.53. The zero-order valence-electron chi connectivity index (χ0n) is 13.0. The molecule has 0 spiro atoms. The number of halogens is 1. The van der Waals surface area contributed by atoms with E-state index in [1.54, 1.807) is 4.90 Å². The number of fused-ring (bicyclic) bond motifs is 1. The number of likely N-dealkylation sites (tertiary alicyclic amines) is 1. The first-order valence-electron chi connectivity index (χ1n) is 7.70. The summed E-state index contributed by atoms with van der Waals surface area (Å²) in [6, 6.07) is 0. The fraction of sp³-hybridized carbons (Fsp3) is 0.875. The third-order valence-corrected chi connectivity index (χ3v) is 6.00. The highest BCUT2D eigenvalue weighted by atomic mass is 79.9. The van der Waals surface area contributed by atoms with Crippen molar-refractivity contribution < 1.29 is 9.59 Å². The lowest BCUT2D eigenvalue weighted by molar-refractivity contribution is -0.141. The van der Waals surface area contributed by atoms with Gasteiger partial charge in [0.15, 0.2) is 0 Å². The van der Waals surface area contributed by atoms with E-state index >= 15 is 0 Å². The van der Waals surface area contributed by atoms with E-state index in [9.17, 15) is 9.59 Å². The number of alkyl halides is 1. The second-order valence-corrected chi connectivity index (χ2v) is 8.11. The van der Waals surface area contributed by atoms with Crippen molar-refractivity contribution in [1.82, 2.24) is 4.90 Å². The Morgan fingerprint density at radius 1 is 1.20 bits per heavy atom. The molecule has 1 aliphatic carbocycles. The van der Waals surface area contributed by atoms with Crippen molar-refractivity contribution in [2.24, 2.45) is 29.1 Å². The zero-order valence-corrected chi connectivity index (χ0v) is 14.6. The van der Waals surface area contributed by atoms with Gasteiger partial charge in [-0.05, 0) is 30.1 Å². The largest absolute Gasteiger partial charge is 0.282 e. The van der Waals surface area contributed by atoms with E-state index in [-0.39, 0.29) is 29.1 Å². The van der Waals surface area contributed by atoms with Crippen LogP contribution in [0.15, 0.2) is 0 Å². The highest BCUT2D eigenvalue weighted by molar-refractivity contribution is 9.09. The Bertz CT molecular complexity index is 378. The molecule has 0 bridgehead atoms. The van der Waals surface area contributed by atoms with E-state index in [4.69, 9.17) is 0 Å². The van der Waals surface area contributed by atoms with Gasteiger partial charge in [-0.1, -0.05) is 50.0 Å². The summed E-state index contributed by atoms with van der Waals surface area (Å²) in [5.41, 5.74) is 0.0910. The van der Waals surface area contributed by atoms with Gasteiger partial charge in [-0.2, -0.15) is 0 Å². The Hall–Kier alpha value is -0.380.